The third-order valence-corrected chi connectivity index (χ3v) is 5.50. The minimum atomic E-state index is 0.698. The molecule has 1 fully saturated rings. The van der Waals surface area contributed by atoms with E-state index in [1.54, 1.807) is 11.3 Å². The van der Waals surface area contributed by atoms with Crippen LogP contribution in [0.15, 0.2) is 6.07 Å². The van der Waals surface area contributed by atoms with Crippen molar-refractivity contribution in [3.05, 3.63) is 10.9 Å². The van der Waals surface area contributed by atoms with Gasteiger partial charge in [-0.1, -0.05) is 26.2 Å². The number of hydrogen-bond acceptors (Lipinski definition) is 5. The van der Waals surface area contributed by atoms with Gasteiger partial charge in [-0.15, -0.1) is 11.3 Å². The Morgan fingerprint density at radius 3 is 2.86 bits per heavy atom. The van der Waals surface area contributed by atoms with Crippen molar-refractivity contribution in [3.63, 3.8) is 0 Å². The Balaban J connectivity index is 1.81. The van der Waals surface area contributed by atoms with Crippen LogP contribution < -0.4 is 10.6 Å². The van der Waals surface area contributed by atoms with Crippen LogP contribution in [0.2, 0.25) is 0 Å². The molecule has 21 heavy (non-hydrogen) atoms. The van der Waals surface area contributed by atoms with Crippen LogP contribution in [-0.2, 0) is 0 Å². The predicted octanol–water partition coefficient (Wildman–Crippen LogP) is 4.28. The highest BCUT2D eigenvalue weighted by Gasteiger charge is 2.21. The van der Waals surface area contributed by atoms with Crippen LogP contribution in [0.4, 0.5) is 11.8 Å². The van der Waals surface area contributed by atoms with Crippen molar-refractivity contribution in [2.24, 2.45) is 11.8 Å². The van der Waals surface area contributed by atoms with Gasteiger partial charge in [0, 0.05) is 18.5 Å². The average molecular weight is 304 g/mol. The molecule has 2 aromatic heterocycles. The van der Waals surface area contributed by atoms with E-state index in [1.807, 2.05) is 7.05 Å². The second-order valence-electron chi connectivity index (χ2n) is 6.12. The molecule has 4 nitrogen and oxygen atoms in total. The fraction of sp³-hybridized carbons (Fsp3) is 0.625. The van der Waals surface area contributed by atoms with E-state index in [-0.39, 0.29) is 0 Å². The molecule has 2 aromatic rings. The zero-order valence-electron chi connectivity index (χ0n) is 13.1. The van der Waals surface area contributed by atoms with Crippen molar-refractivity contribution in [2.75, 3.05) is 24.2 Å². The highest BCUT2D eigenvalue weighted by atomic mass is 32.1. The third kappa shape index (κ3) is 3.12. The predicted molar refractivity (Wildman–Crippen MR) is 91.3 cm³/mol. The van der Waals surface area contributed by atoms with Gasteiger partial charge in [-0.2, -0.15) is 4.98 Å². The van der Waals surface area contributed by atoms with Gasteiger partial charge in [0.25, 0.3) is 0 Å². The summed E-state index contributed by atoms with van der Waals surface area (Å²) in [5.41, 5.74) is 0. The van der Waals surface area contributed by atoms with Gasteiger partial charge >= 0.3 is 0 Å². The molecule has 1 saturated carbocycles. The zero-order chi connectivity index (χ0) is 14.8. The van der Waals surface area contributed by atoms with Crippen molar-refractivity contribution in [3.8, 4) is 0 Å². The van der Waals surface area contributed by atoms with E-state index < -0.39 is 0 Å². The summed E-state index contributed by atoms with van der Waals surface area (Å²) in [6.45, 7) is 5.53. The molecule has 114 valence electrons. The summed E-state index contributed by atoms with van der Waals surface area (Å²) in [5.74, 6) is 3.26. The van der Waals surface area contributed by atoms with E-state index in [0.29, 0.717) is 5.95 Å². The van der Waals surface area contributed by atoms with Gasteiger partial charge < -0.3 is 10.6 Å². The molecule has 5 heteroatoms. The quantitative estimate of drug-likeness (QED) is 0.885. The Labute approximate surface area is 130 Å². The van der Waals surface area contributed by atoms with E-state index in [2.05, 4.69) is 40.5 Å². The van der Waals surface area contributed by atoms with Crippen LogP contribution in [-0.4, -0.2) is 23.6 Å². The van der Waals surface area contributed by atoms with Crippen LogP contribution >= 0.6 is 11.3 Å². The molecule has 2 atom stereocenters. The molecule has 0 aliphatic heterocycles. The van der Waals surface area contributed by atoms with Crippen LogP contribution in [0.25, 0.3) is 10.2 Å². The number of hydrogen-bond donors (Lipinski definition) is 2. The maximum Gasteiger partial charge on any atom is 0.225 e. The second kappa shape index (κ2) is 6.18. The fourth-order valence-electron chi connectivity index (χ4n) is 3.21. The van der Waals surface area contributed by atoms with E-state index in [1.165, 1.54) is 30.6 Å². The second-order valence-corrected chi connectivity index (χ2v) is 7.36. The molecule has 3 rings (SSSR count). The lowest BCUT2D eigenvalue weighted by Crippen LogP contribution is -2.24. The van der Waals surface area contributed by atoms with E-state index in [9.17, 15) is 0 Å². The lowest BCUT2D eigenvalue weighted by atomic mass is 9.80. The maximum atomic E-state index is 4.62. The number of nitrogens with one attached hydrogen (secondary N) is 2. The molecular formula is C16H24N4S. The van der Waals surface area contributed by atoms with Crippen molar-refractivity contribution in [1.29, 1.82) is 0 Å². The van der Waals surface area contributed by atoms with E-state index in [0.717, 1.165) is 34.4 Å². The molecule has 2 unspecified atom stereocenters. The molecule has 2 heterocycles. The highest BCUT2D eigenvalue weighted by Crippen LogP contribution is 2.32. The first-order valence-electron chi connectivity index (χ1n) is 7.87. The fourth-order valence-corrected chi connectivity index (χ4v) is 4.09. The van der Waals surface area contributed by atoms with Crippen LogP contribution in [0, 0.1) is 18.8 Å². The number of rotatable bonds is 4. The van der Waals surface area contributed by atoms with Crippen molar-refractivity contribution >= 4 is 33.3 Å². The number of fused-ring (bicyclic) bond motifs is 1. The smallest absolute Gasteiger partial charge is 0.225 e. The van der Waals surface area contributed by atoms with Gasteiger partial charge in [-0.3, -0.25) is 0 Å². The lowest BCUT2D eigenvalue weighted by molar-refractivity contribution is 0.268. The van der Waals surface area contributed by atoms with Crippen molar-refractivity contribution in [2.45, 2.75) is 39.5 Å². The Kier molecular flexibility index (Phi) is 4.29. The molecule has 0 aromatic carbocycles. The standard InChI is InChI=1S/C16H24N4S/c1-10-6-4-5-7-12(10)9-18-14-13-8-11(2)21-15(13)20-16(17-3)19-14/h8,10,12H,4-7,9H2,1-3H3,(H2,17,18,19,20). The summed E-state index contributed by atoms with van der Waals surface area (Å²) in [6, 6.07) is 2.19. The van der Waals surface area contributed by atoms with Crippen molar-refractivity contribution in [1.82, 2.24) is 9.97 Å². The van der Waals surface area contributed by atoms with Crippen LogP contribution in [0.1, 0.15) is 37.5 Å². The molecule has 0 saturated heterocycles. The first-order valence-corrected chi connectivity index (χ1v) is 8.69. The SMILES string of the molecule is CNc1nc(NCC2CCCCC2C)c2cc(C)sc2n1. The Hall–Kier alpha value is -1.36. The molecule has 0 radical (unpaired) electrons. The first-order chi connectivity index (χ1) is 10.2. The number of nitrogens with zero attached hydrogens (tertiary/aromatic N) is 2. The monoisotopic (exact) mass is 304 g/mol. The molecule has 0 amide bonds. The molecule has 0 bridgehead atoms. The molecule has 1 aliphatic carbocycles. The molecule has 1 aliphatic rings. The average Bonchev–Trinajstić information content (AvgIpc) is 2.86. The summed E-state index contributed by atoms with van der Waals surface area (Å²) in [6.07, 6.45) is 5.47. The van der Waals surface area contributed by atoms with Crippen LogP contribution in [0.5, 0.6) is 0 Å². The van der Waals surface area contributed by atoms with E-state index in [4.69, 9.17) is 0 Å². The highest BCUT2D eigenvalue weighted by molar-refractivity contribution is 7.18. The van der Waals surface area contributed by atoms with Gasteiger partial charge in [0.2, 0.25) is 5.95 Å². The van der Waals surface area contributed by atoms with Gasteiger partial charge in [-0.25, -0.2) is 4.98 Å². The molecular weight excluding hydrogens is 280 g/mol. The number of anilines is 2. The maximum absolute atomic E-state index is 4.62. The summed E-state index contributed by atoms with van der Waals surface area (Å²) in [5, 5.41) is 7.80. The van der Waals surface area contributed by atoms with Gasteiger partial charge in [0.1, 0.15) is 10.6 Å². The number of aromatic nitrogens is 2. The normalized spacial score (nSPS) is 22.4. The Morgan fingerprint density at radius 2 is 2.10 bits per heavy atom. The Morgan fingerprint density at radius 1 is 1.29 bits per heavy atom. The topological polar surface area (TPSA) is 49.8 Å². The largest absolute Gasteiger partial charge is 0.369 e. The molecule has 2 N–H and O–H groups in total. The minimum Gasteiger partial charge on any atom is -0.369 e. The lowest BCUT2D eigenvalue weighted by Gasteiger charge is -2.29. The summed E-state index contributed by atoms with van der Waals surface area (Å²) in [7, 11) is 1.87. The van der Waals surface area contributed by atoms with Crippen LogP contribution in [0.3, 0.4) is 0 Å². The summed E-state index contributed by atoms with van der Waals surface area (Å²) in [4.78, 5) is 11.5. The third-order valence-electron chi connectivity index (χ3n) is 4.56. The Bertz CT molecular complexity index is 622. The number of thiophene rings is 1. The van der Waals surface area contributed by atoms with Crippen molar-refractivity contribution < 1.29 is 0 Å². The summed E-state index contributed by atoms with van der Waals surface area (Å²) >= 11 is 1.73. The van der Waals surface area contributed by atoms with Gasteiger partial charge in [0.15, 0.2) is 0 Å². The molecule has 0 spiro atoms. The first kappa shape index (κ1) is 14.6. The number of aryl methyl sites for hydroxylation is 1. The van der Waals surface area contributed by atoms with Gasteiger partial charge in [-0.05, 0) is 31.2 Å². The van der Waals surface area contributed by atoms with Gasteiger partial charge in [0.05, 0.1) is 5.39 Å². The summed E-state index contributed by atoms with van der Waals surface area (Å²) < 4.78 is 0. The zero-order valence-corrected chi connectivity index (χ0v) is 13.9. The minimum absolute atomic E-state index is 0.698. The van der Waals surface area contributed by atoms with E-state index >= 15 is 0 Å².